The third-order valence-corrected chi connectivity index (χ3v) is 2.59. The van der Waals surface area contributed by atoms with Crippen LogP contribution in [0.3, 0.4) is 0 Å². The SMILES string of the molecule is Cn1cnc(-c2cc(Br)ccc2Cl)n1. The Morgan fingerprint density at radius 3 is 2.86 bits per heavy atom. The molecule has 0 unspecified atom stereocenters. The van der Waals surface area contributed by atoms with E-state index in [0.717, 1.165) is 10.0 Å². The van der Waals surface area contributed by atoms with Gasteiger partial charge in [-0.3, -0.25) is 4.68 Å². The molecule has 72 valence electrons. The maximum atomic E-state index is 6.03. The fourth-order valence-electron chi connectivity index (χ4n) is 1.13. The Balaban J connectivity index is 2.55. The molecule has 1 aromatic carbocycles. The Bertz CT molecular complexity index is 467. The minimum Gasteiger partial charge on any atom is -0.255 e. The maximum absolute atomic E-state index is 6.03. The van der Waals surface area contributed by atoms with Crippen molar-refractivity contribution >= 4 is 27.5 Å². The van der Waals surface area contributed by atoms with Crippen LogP contribution in [-0.4, -0.2) is 14.8 Å². The van der Waals surface area contributed by atoms with E-state index in [4.69, 9.17) is 11.6 Å². The average Bonchev–Trinajstić information content (AvgIpc) is 2.56. The smallest absolute Gasteiger partial charge is 0.182 e. The number of nitrogens with zero attached hydrogens (tertiary/aromatic N) is 3. The van der Waals surface area contributed by atoms with Crippen LogP contribution in [0.25, 0.3) is 11.4 Å². The lowest BCUT2D eigenvalue weighted by Crippen LogP contribution is -1.88. The summed E-state index contributed by atoms with van der Waals surface area (Å²) >= 11 is 9.41. The van der Waals surface area contributed by atoms with Crippen molar-refractivity contribution in [1.82, 2.24) is 14.8 Å². The zero-order valence-electron chi connectivity index (χ0n) is 7.41. The van der Waals surface area contributed by atoms with Crippen LogP contribution in [0.4, 0.5) is 0 Å². The standard InChI is InChI=1S/C9H7BrClN3/c1-14-5-12-9(13-14)7-4-6(10)2-3-8(7)11/h2-5H,1H3. The van der Waals surface area contributed by atoms with Crippen LogP contribution in [0.5, 0.6) is 0 Å². The molecular formula is C9H7BrClN3. The molecule has 0 aliphatic heterocycles. The van der Waals surface area contributed by atoms with Crippen LogP contribution in [0, 0.1) is 0 Å². The van der Waals surface area contributed by atoms with Crippen molar-refractivity contribution in [3.63, 3.8) is 0 Å². The molecule has 3 nitrogen and oxygen atoms in total. The van der Waals surface area contributed by atoms with Gasteiger partial charge in [0, 0.05) is 17.1 Å². The molecule has 0 amide bonds. The second-order valence-corrected chi connectivity index (χ2v) is 4.19. The van der Waals surface area contributed by atoms with Gasteiger partial charge in [-0.25, -0.2) is 4.98 Å². The number of halogens is 2. The molecule has 0 fully saturated rings. The molecule has 0 aliphatic rings. The van der Waals surface area contributed by atoms with Crippen molar-refractivity contribution in [3.05, 3.63) is 34.0 Å². The highest BCUT2D eigenvalue weighted by Crippen LogP contribution is 2.27. The predicted octanol–water partition coefficient (Wildman–Crippen LogP) is 2.90. The Hall–Kier alpha value is -0.870. The number of aryl methyl sites for hydroxylation is 1. The molecule has 0 saturated carbocycles. The molecule has 2 rings (SSSR count). The topological polar surface area (TPSA) is 30.7 Å². The maximum Gasteiger partial charge on any atom is 0.182 e. The lowest BCUT2D eigenvalue weighted by Gasteiger charge is -1.99. The van der Waals surface area contributed by atoms with Gasteiger partial charge in [-0.1, -0.05) is 27.5 Å². The van der Waals surface area contributed by atoms with Gasteiger partial charge < -0.3 is 0 Å². The summed E-state index contributed by atoms with van der Waals surface area (Å²) in [5.41, 5.74) is 0.835. The van der Waals surface area contributed by atoms with Crippen LogP contribution in [0.2, 0.25) is 5.02 Å². The molecule has 0 saturated heterocycles. The van der Waals surface area contributed by atoms with Crippen molar-refractivity contribution in [1.29, 1.82) is 0 Å². The average molecular weight is 273 g/mol. The number of hydrogen-bond donors (Lipinski definition) is 0. The van der Waals surface area contributed by atoms with Crippen molar-refractivity contribution in [2.75, 3.05) is 0 Å². The van der Waals surface area contributed by atoms with E-state index in [9.17, 15) is 0 Å². The summed E-state index contributed by atoms with van der Waals surface area (Å²) in [5, 5.41) is 4.84. The van der Waals surface area contributed by atoms with Gasteiger partial charge in [-0.15, -0.1) is 0 Å². The van der Waals surface area contributed by atoms with E-state index < -0.39 is 0 Å². The third kappa shape index (κ3) is 1.81. The lowest BCUT2D eigenvalue weighted by molar-refractivity contribution is 0.768. The zero-order chi connectivity index (χ0) is 10.1. The Morgan fingerprint density at radius 1 is 1.43 bits per heavy atom. The predicted molar refractivity (Wildman–Crippen MR) is 59.1 cm³/mol. The Labute approximate surface area is 94.9 Å². The van der Waals surface area contributed by atoms with Gasteiger partial charge in [0.2, 0.25) is 0 Å². The highest BCUT2D eigenvalue weighted by molar-refractivity contribution is 9.10. The minimum absolute atomic E-state index is 0.638. The second kappa shape index (κ2) is 3.71. The number of hydrogen-bond acceptors (Lipinski definition) is 2. The summed E-state index contributed by atoms with van der Waals surface area (Å²) in [5.74, 6) is 0.638. The van der Waals surface area contributed by atoms with Gasteiger partial charge >= 0.3 is 0 Å². The van der Waals surface area contributed by atoms with Gasteiger partial charge in [-0.05, 0) is 18.2 Å². The van der Waals surface area contributed by atoms with Crippen molar-refractivity contribution in [2.24, 2.45) is 7.05 Å². The summed E-state index contributed by atoms with van der Waals surface area (Å²) in [6, 6.07) is 5.60. The van der Waals surface area contributed by atoms with Crippen LogP contribution in [0.15, 0.2) is 29.0 Å². The zero-order valence-corrected chi connectivity index (χ0v) is 9.75. The van der Waals surface area contributed by atoms with Crippen molar-refractivity contribution in [3.8, 4) is 11.4 Å². The lowest BCUT2D eigenvalue weighted by atomic mass is 10.2. The van der Waals surface area contributed by atoms with Crippen molar-refractivity contribution < 1.29 is 0 Å². The normalized spacial score (nSPS) is 10.5. The quantitative estimate of drug-likeness (QED) is 0.799. The highest BCUT2D eigenvalue weighted by atomic mass is 79.9. The third-order valence-electron chi connectivity index (χ3n) is 1.77. The Morgan fingerprint density at radius 2 is 2.21 bits per heavy atom. The van der Waals surface area contributed by atoms with E-state index in [1.54, 1.807) is 11.0 Å². The molecule has 1 aromatic heterocycles. The van der Waals surface area contributed by atoms with Gasteiger partial charge in [0.25, 0.3) is 0 Å². The molecule has 0 aliphatic carbocycles. The number of rotatable bonds is 1. The summed E-state index contributed by atoms with van der Waals surface area (Å²) < 4.78 is 2.61. The van der Waals surface area contributed by atoms with E-state index in [1.165, 1.54) is 0 Å². The molecule has 0 atom stereocenters. The first-order valence-corrected chi connectivity index (χ1v) is 5.15. The van der Waals surface area contributed by atoms with E-state index in [-0.39, 0.29) is 0 Å². The fraction of sp³-hybridized carbons (Fsp3) is 0.111. The van der Waals surface area contributed by atoms with Crippen LogP contribution in [-0.2, 0) is 7.05 Å². The number of aromatic nitrogens is 3. The van der Waals surface area contributed by atoms with Crippen LogP contribution < -0.4 is 0 Å². The molecule has 0 bridgehead atoms. The molecule has 14 heavy (non-hydrogen) atoms. The Kier molecular flexibility index (Phi) is 2.56. The first kappa shape index (κ1) is 9.68. The van der Waals surface area contributed by atoms with Gasteiger partial charge in [0.15, 0.2) is 5.82 Å². The van der Waals surface area contributed by atoms with E-state index >= 15 is 0 Å². The molecule has 2 aromatic rings. The van der Waals surface area contributed by atoms with E-state index in [2.05, 4.69) is 26.0 Å². The van der Waals surface area contributed by atoms with Gasteiger partial charge in [0.05, 0.1) is 5.02 Å². The number of benzene rings is 1. The molecule has 0 spiro atoms. The first-order valence-electron chi connectivity index (χ1n) is 3.98. The largest absolute Gasteiger partial charge is 0.255 e. The van der Waals surface area contributed by atoms with Crippen LogP contribution >= 0.6 is 27.5 Å². The van der Waals surface area contributed by atoms with Crippen LogP contribution in [0.1, 0.15) is 0 Å². The monoisotopic (exact) mass is 271 g/mol. The second-order valence-electron chi connectivity index (χ2n) is 2.87. The molecular weight excluding hydrogens is 265 g/mol. The van der Waals surface area contributed by atoms with Crippen molar-refractivity contribution in [2.45, 2.75) is 0 Å². The minimum atomic E-state index is 0.638. The molecule has 0 radical (unpaired) electrons. The molecule has 5 heteroatoms. The molecule has 1 heterocycles. The summed E-state index contributed by atoms with van der Waals surface area (Å²) in [6.45, 7) is 0. The fourth-order valence-corrected chi connectivity index (χ4v) is 1.69. The first-order chi connectivity index (χ1) is 6.66. The highest BCUT2D eigenvalue weighted by Gasteiger charge is 2.07. The van der Waals surface area contributed by atoms with Gasteiger partial charge in [-0.2, -0.15) is 5.10 Å². The molecule has 0 N–H and O–H groups in total. The summed E-state index contributed by atoms with van der Waals surface area (Å²) in [7, 11) is 1.82. The van der Waals surface area contributed by atoms with Gasteiger partial charge in [0.1, 0.15) is 6.33 Å². The summed E-state index contributed by atoms with van der Waals surface area (Å²) in [4.78, 5) is 4.13. The van der Waals surface area contributed by atoms with E-state index in [0.29, 0.717) is 10.8 Å². The van der Waals surface area contributed by atoms with E-state index in [1.807, 2.05) is 25.2 Å². The summed E-state index contributed by atoms with van der Waals surface area (Å²) in [6.07, 6.45) is 1.65.